The van der Waals surface area contributed by atoms with Gasteiger partial charge in [0.15, 0.2) is 0 Å². The summed E-state index contributed by atoms with van der Waals surface area (Å²) in [5, 5.41) is 2.94. The highest BCUT2D eigenvalue weighted by molar-refractivity contribution is 6.20. The van der Waals surface area contributed by atoms with E-state index in [0.717, 1.165) is 11.3 Å². The van der Waals surface area contributed by atoms with Gasteiger partial charge in [-0.05, 0) is 13.1 Å². The van der Waals surface area contributed by atoms with Crippen LogP contribution in [0.1, 0.15) is 11.1 Å². The molecule has 1 aromatic carbocycles. The zero-order chi connectivity index (χ0) is 8.97. The van der Waals surface area contributed by atoms with Crippen LogP contribution in [0.5, 0.6) is 5.75 Å². The third-order valence-electron chi connectivity index (χ3n) is 1.67. The number of rotatable bonds is 3. The molecule has 1 N–H and O–H groups in total. The average molecular weight is 186 g/mol. The van der Waals surface area contributed by atoms with Gasteiger partial charge in [0.1, 0.15) is 11.3 Å². The Bertz CT molecular complexity index is 252. The molecule has 1 rings (SSSR count). The van der Waals surface area contributed by atoms with Crippen molar-refractivity contribution < 1.29 is 4.74 Å². The molecular weight excluding hydrogens is 174 g/mol. The molecule has 1 atom stereocenters. The van der Waals surface area contributed by atoms with Gasteiger partial charge in [-0.2, -0.15) is 0 Å². The van der Waals surface area contributed by atoms with E-state index in [1.54, 1.807) is 7.11 Å². The molecule has 0 saturated carbocycles. The van der Waals surface area contributed by atoms with Crippen molar-refractivity contribution in [2.45, 2.75) is 5.50 Å². The molecule has 0 aromatic heterocycles. The molecule has 0 aliphatic rings. The Kier molecular flexibility index (Phi) is 3.38. The standard InChI is InChI=1S/C9H12ClNO/c1-11-9(10)7-5-3-4-6-8(7)12-2/h3-6,9,11H,1-2H3. The van der Waals surface area contributed by atoms with E-state index in [1.165, 1.54) is 0 Å². The molecule has 0 radical (unpaired) electrons. The highest BCUT2D eigenvalue weighted by atomic mass is 35.5. The van der Waals surface area contributed by atoms with Crippen molar-refractivity contribution in [1.82, 2.24) is 5.32 Å². The number of hydrogen-bond donors (Lipinski definition) is 1. The van der Waals surface area contributed by atoms with E-state index in [9.17, 15) is 0 Å². The Morgan fingerprint density at radius 1 is 1.42 bits per heavy atom. The van der Waals surface area contributed by atoms with E-state index in [2.05, 4.69) is 5.32 Å². The van der Waals surface area contributed by atoms with Gasteiger partial charge < -0.3 is 10.1 Å². The van der Waals surface area contributed by atoms with E-state index in [1.807, 2.05) is 31.3 Å². The van der Waals surface area contributed by atoms with Crippen molar-refractivity contribution in [2.24, 2.45) is 0 Å². The normalized spacial score (nSPS) is 12.6. The fourth-order valence-electron chi connectivity index (χ4n) is 1.03. The molecule has 3 heteroatoms. The SMILES string of the molecule is CNC(Cl)c1ccccc1OC. The van der Waals surface area contributed by atoms with Crippen molar-refractivity contribution in [3.05, 3.63) is 29.8 Å². The number of alkyl halides is 1. The van der Waals surface area contributed by atoms with E-state index < -0.39 is 0 Å². The number of benzene rings is 1. The largest absolute Gasteiger partial charge is 0.496 e. The number of hydrogen-bond acceptors (Lipinski definition) is 2. The molecule has 0 spiro atoms. The Labute approximate surface area is 77.5 Å². The van der Waals surface area contributed by atoms with Gasteiger partial charge in [0.05, 0.1) is 7.11 Å². The lowest BCUT2D eigenvalue weighted by Crippen LogP contribution is -2.10. The number of ether oxygens (including phenoxy) is 1. The van der Waals surface area contributed by atoms with Crippen LogP contribution in [0.25, 0.3) is 0 Å². The predicted molar refractivity (Wildman–Crippen MR) is 50.6 cm³/mol. The molecule has 0 aliphatic heterocycles. The minimum Gasteiger partial charge on any atom is -0.496 e. The zero-order valence-electron chi connectivity index (χ0n) is 7.17. The summed E-state index contributed by atoms with van der Waals surface area (Å²) in [6, 6.07) is 7.68. The van der Waals surface area contributed by atoms with Gasteiger partial charge in [0, 0.05) is 5.56 Å². The minimum absolute atomic E-state index is 0.193. The number of methoxy groups -OCH3 is 1. The first-order chi connectivity index (χ1) is 5.79. The fourth-order valence-corrected chi connectivity index (χ4v) is 1.21. The first-order valence-electron chi connectivity index (χ1n) is 3.74. The van der Waals surface area contributed by atoms with Crippen molar-refractivity contribution >= 4 is 11.6 Å². The molecule has 1 unspecified atom stereocenters. The second-order valence-corrected chi connectivity index (χ2v) is 2.83. The summed E-state index contributed by atoms with van der Waals surface area (Å²) >= 11 is 5.98. The Hall–Kier alpha value is -0.730. The van der Waals surface area contributed by atoms with E-state index >= 15 is 0 Å². The molecule has 1 aromatic rings. The van der Waals surface area contributed by atoms with Gasteiger partial charge in [-0.25, -0.2) is 0 Å². The number of para-hydroxylation sites is 1. The van der Waals surface area contributed by atoms with Crippen LogP contribution in [-0.4, -0.2) is 14.2 Å². The van der Waals surface area contributed by atoms with Crippen LogP contribution in [-0.2, 0) is 0 Å². The van der Waals surface area contributed by atoms with E-state index in [4.69, 9.17) is 16.3 Å². The summed E-state index contributed by atoms with van der Waals surface area (Å²) < 4.78 is 5.14. The van der Waals surface area contributed by atoms with Gasteiger partial charge in [0.25, 0.3) is 0 Å². The van der Waals surface area contributed by atoms with Gasteiger partial charge in [-0.15, -0.1) is 11.6 Å². The lowest BCUT2D eigenvalue weighted by molar-refractivity contribution is 0.408. The maximum atomic E-state index is 5.98. The molecule has 66 valence electrons. The van der Waals surface area contributed by atoms with Gasteiger partial charge >= 0.3 is 0 Å². The van der Waals surface area contributed by atoms with Crippen LogP contribution in [0, 0.1) is 0 Å². The summed E-state index contributed by atoms with van der Waals surface area (Å²) in [5.74, 6) is 0.812. The predicted octanol–water partition coefficient (Wildman–Crippen LogP) is 2.15. The zero-order valence-corrected chi connectivity index (χ0v) is 7.93. The molecule has 0 aliphatic carbocycles. The van der Waals surface area contributed by atoms with Crippen molar-refractivity contribution in [1.29, 1.82) is 0 Å². The Morgan fingerprint density at radius 3 is 2.67 bits per heavy atom. The summed E-state index contributed by atoms with van der Waals surface area (Å²) in [6.07, 6.45) is 0. The van der Waals surface area contributed by atoms with E-state index in [0.29, 0.717) is 0 Å². The summed E-state index contributed by atoms with van der Waals surface area (Å²) in [5.41, 5.74) is 0.769. The summed E-state index contributed by atoms with van der Waals surface area (Å²) in [7, 11) is 3.45. The number of halogens is 1. The lowest BCUT2D eigenvalue weighted by atomic mass is 10.2. The monoisotopic (exact) mass is 185 g/mol. The first kappa shape index (κ1) is 9.36. The van der Waals surface area contributed by atoms with Crippen molar-refractivity contribution in [3.8, 4) is 5.75 Å². The lowest BCUT2D eigenvalue weighted by Gasteiger charge is -2.12. The third-order valence-corrected chi connectivity index (χ3v) is 2.12. The third kappa shape index (κ3) is 1.90. The van der Waals surface area contributed by atoms with E-state index in [-0.39, 0.29) is 5.50 Å². The fraction of sp³-hybridized carbons (Fsp3) is 0.333. The smallest absolute Gasteiger partial charge is 0.124 e. The topological polar surface area (TPSA) is 21.3 Å². The van der Waals surface area contributed by atoms with Crippen LogP contribution >= 0.6 is 11.6 Å². The molecule has 0 saturated heterocycles. The quantitative estimate of drug-likeness (QED) is 0.576. The summed E-state index contributed by atoms with van der Waals surface area (Å²) in [4.78, 5) is 0. The second-order valence-electron chi connectivity index (χ2n) is 2.39. The van der Waals surface area contributed by atoms with Gasteiger partial charge in [-0.1, -0.05) is 18.2 Å². The molecule has 0 amide bonds. The highest BCUT2D eigenvalue weighted by Crippen LogP contribution is 2.26. The van der Waals surface area contributed by atoms with Crippen molar-refractivity contribution in [2.75, 3.05) is 14.2 Å². The number of nitrogens with one attached hydrogen (secondary N) is 1. The molecule has 0 heterocycles. The molecule has 2 nitrogen and oxygen atoms in total. The van der Waals surface area contributed by atoms with Gasteiger partial charge in [0.2, 0.25) is 0 Å². The maximum Gasteiger partial charge on any atom is 0.124 e. The molecule has 12 heavy (non-hydrogen) atoms. The summed E-state index contributed by atoms with van der Waals surface area (Å²) in [6.45, 7) is 0. The second kappa shape index (κ2) is 4.33. The first-order valence-corrected chi connectivity index (χ1v) is 4.17. The highest BCUT2D eigenvalue weighted by Gasteiger charge is 2.09. The van der Waals surface area contributed by atoms with Crippen LogP contribution in [0.15, 0.2) is 24.3 Å². The van der Waals surface area contributed by atoms with Crippen LogP contribution in [0.3, 0.4) is 0 Å². The Balaban J connectivity index is 2.96. The molecule has 0 fully saturated rings. The van der Waals surface area contributed by atoms with Crippen molar-refractivity contribution in [3.63, 3.8) is 0 Å². The van der Waals surface area contributed by atoms with Crippen LogP contribution < -0.4 is 10.1 Å². The molecular formula is C9H12ClNO. The minimum atomic E-state index is -0.193. The van der Waals surface area contributed by atoms with Crippen LogP contribution in [0.4, 0.5) is 0 Å². The average Bonchev–Trinajstić information content (AvgIpc) is 2.16. The molecule has 0 bridgehead atoms. The Morgan fingerprint density at radius 2 is 2.08 bits per heavy atom. The van der Waals surface area contributed by atoms with Gasteiger partial charge in [-0.3, -0.25) is 0 Å². The van der Waals surface area contributed by atoms with Crippen LogP contribution in [0.2, 0.25) is 0 Å². The maximum absolute atomic E-state index is 5.98.